The third kappa shape index (κ3) is 1.30. The van der Waals surface area contributed by atoms with Gasteiger partial charge in [-0.3, -0.25) is 4.79 Å². The quantitative estimate of drug-likeness (QED) is 0.595. The molecule has 3 aromatic rings. The number of ketones is 1. The lowest BCUT2D eigenvalue weighted by atomic mass is 10.1. The van der Waals surface area contributed by atoms with E-state index in [1.807, 2.05) is 0 Å². The first-order chi connectivity index (χ1) is 8.33. The molecule has 3 heteroatoms. The summed E-state index contributed by atoms with van der Waals surface area (Å²) in [6, 6.07) is 12.7. The van der Waals surface area contributed by atoms with Crippen molar-refractivity contribution in [1.82, 2.24) is 0 Å². The van der Waals surface area contributed by atoms with Crippen LogP contribution in [0.4, 0.5) is 0 Å². The maximum atomic E-state index is 11.7. The van der Waals surface area contributed by atoms with Gasteiger partial charge < -0.3 is 0 Å². The van der Waals surface area contributed by atoms with Crippen LogP contribution in [0.2, 0.25) is 0 Å². The fourth-order valence-electron chi connectivity index (χ4n) is 2.31. The molecule has 82 valence electrons. The standard InChI is InChI=1S/C14H8OS2/c15-11-7-16-13-5-9-8-3-1-2-4-12(8)17-14(9)6-10(11)13/h1-6H,7H2. The van der Waals surface area contributed by atoms with Crippen LogP contribution in [0.5, 0.6) is 0 Å². The smallest absolute Gasteiger partial charge is 0.174 e. The van der Waals surface area contributed by atoms with Gasteiger partial charge in [0, 0.05) is 30.6 Å². The Kier molecular flexibility index (Phi) is 1.90. The molecule has 0 saturated carbocycles. The van der Waals surface area contributed by atoms with Crippen molar-refractivity contribution in [2.24, 2.45) is 0 Å². The zero-order valence-corrected chi connectivity index (χ0v) is 10.5. The predicted molar refractivity (Wildman–Crippen MR) is 74.4 cm³/mol. The molecule has 0 unspecified atom stereocenters. The van der Waals surface area contributed by atoms with Crippen LogP contribution in [0, 0.1) is 0 Å². The van der Waals surface area contributed by atoms with Crippen molar-refractivity contribution in [3.8, 4) is 0 Å². The monoisotopic (exact) mass is 256 g/mol. The second-order valence-electron chi connectivity index (χ2n) is 4.15. The van der Waals surface area contributed by atoms with Gasteiger partial charge in [-0.15, -0.1) is 23.1 Å². The number of benzene rings is 2. The molecule has 1 aliphatic heterocycles. The number of Topliss-reactive ketones (excluding diaryl/α,β-unsaturated/α-hetero) is 1. The van der Waals surface area contributed by atoms with E-state index in [4.69, 9.17) is 0 Å². The average molecular weight is 256 g/mol. The number of carbonyl (C=O) groups excluding carboxylic acids is 1. The van der Waals surface area contributed by atoms with E-state index in [0.29, 0.717) is 5.75 Å². The third-order valence-electron chi connectivity index (χ3n) is 3.14. The Bertz CT molecular complexity index is 770. The second kappa shape index (κ2) is 3.34. The SMILES string of the molecule is O=C1CSc2cc3c(cc21)sc1ccccc13. The van der Waals surface area contributed by atoms with Crippen molar-refractivity contribution in [2.45, 2.75) is 4.90 Å². The Balaban J connectivity index is 2.18. The number of hydrogen-bond acceptors (Lipinski definition) is 3. The van der Waals surface area contributed by atoms with Crippen LogP contribution in [0.3, 0.4) is 0 Å². The Hall–Kier alpha value is -1.32. The summed E-state index contributed by atoms with van der Waals surface area (Å²) in [6.45, 7) is 0. The highest BCUT2D eigenvalue weighted by Crippen LogP contribution is 2.40. The van der Waals surface area contributed by atoms with Crippen LogP contribution in [0.1, 0.15) is 10.4 Å². The zero-order valence-electron chi connectivity index (χ0n) is 8.90. The highest BCUT2D eigenvalue weighted by molar-refractivity contribution is 8.00. The van der Waals surface area contributed by atoms with E-state index in [9.17, 15) is 4.79 Å². The largest absolute Gasteiger partial charge is 0.293 e. The first-order valence-electron chi connectivity index (χ1n) is 5.44. The molecular weight excluding hydrogens is 248 g/mol. The molecular formula is C14H8OS2. The van der Waals surface area contributed by atoms with Gasteiger partial charge >= 0.3 is 0 Å². The molecule has 1 aromatic heterocycles. The fourth-order valence-corrected chi connectivity index (χ4v) is 4.41. The molecule has 1 nitrogen and oxygen atoms in total. The summed E-state index contributed by atoms with van der Waals surface area (Å²) >= 11 is 3.43. The molecule has 0 radical (unpaired) electrons. The Morgan fingerprint density at radius 3 is 2.82 bits per heavy atom. The molecule has 0 spiro atoms. The molecule has 4 rings (SSSR count). The zero-order chi connectivity index (χ0) is 11.4. The summed E-state index contributed by atoms with van der Waals surface area (Å²) in [4.78, 5) is 12.9. The minimum atomic E-state index is 0.268. The van der Waals surface area contributed by atoms with E-state index in [1.54, 1.807) is 23.1 Å². The van der Waals surface area contributed by atoms with Gasteiger partial charge in [0.05, 0.1) is 5.75 Å². The number of rotatable bonds is 0. The van der Waals surface area contributed by atoms with Crippen LogP contribution < -0.4 is 0 Å². The maximum Gasteiger partial charge on any atom is 0.174 e. The van der Waals surface area contributed by atoms with E-state index in [2.05, 4.69) is 36.4 Å². The minimum Gasteiger partial charge on any atom is -0.293 e. The van der Waals surface area contributed by atoms with E-state index in [-0.39, 0.29) is 5.78 Å². The van der Waals surface area contributed by atoms with Gasteiger partial charge in [-0.25, -0.2) is 0 Å². The molecule has 0 bridgehead atoms. The number of thioether (sulfide) groups is 1. The second-order valence-corrected chi connectivity index (χ2v) is 6.26. The fraction of sp³-hybridized carbons (Fsp3) is 0.0714. The lowest BCUT2D eigenvalue weighted by Gasteiger charge is -1.97. The molecule has 0 saturated heterocycles. The lowest BCUT2D eigenvalue weighted by Crippen LogP contribution is -1.93. The van der Waals surface area contributed by atoms with Crippen LogP contribution in [-0.4, -0.2) is 11.5 Å². The summed E-state index contributed by atoms with van der Waals surface area (Å²) in [5.74, 6) is 0.870. The van der Waals surface area contributed by atoms with Gasteiger partial charge in [0.1, 0.15) is 0 Å². The van der Waals surface area contributed by atoms with Crippen LogP contribution >= 0.6 is 23.1 Å². The normalized spacial score (nSPS) is 14.7. The molecule has 0 fully saturated rings. The summed E-state index contributed by atoms with van der Waals surface area (Å²) in [6.07, 6.45) is 0. The highest BCUT2D eigenvalue weighted by atomic mass is 32.2. The summed E-state index contributed by atoms with van der Waals surface area (Å²) < 4.78 is 2.52. The summed E-state index contributed by atoms with van der Waals surface area (Å²) in [5.41, 5.74) is 0.911. The van der Waals surface area contributed by atoms with Crippen molar-refractivity contribution >= 4 is 49.1 Å². The Morgan fingerprint density at radius 1 is 1.00 bits per heavy atom. The third-order valence-corrected chi connectivity index (χ3v) is 5.33. The van der Waals surface area contributed by atoms with Gasteiger partial charge in [-0.1, -0.05) is 18.2 Å². The molecule has 2 aromatic carbocycles. The lowest BCUT2D eigenvalue weighted by molar-refractivity contribution is 0.102. The first kappa shape index (κ1) is 9.68. The van der Waals surface area contributed by atoms with Crippen LogP contribution in [0.25, 0.3) is 20.2 Å². The van der Waals surface area contributed by atoms with E-state index in [1.165, 1.54) is 20.2 Å². The van der Waals surface area contributed by atoms with Crippen molar-refractivity contribution in [1.29, 1.82) is 0 Å². The first-order valence-corrected chi connectivity index (χ1v) is 7.24. The van der Waals surface area contributed by atoms with Crippen molar-refractivity contribution in [2.75, 3.05) is 5.75 Å². The van der Waals surface area contributed by atoms with Crippen molar-refractivity contribution in [3.05, 3.63) is 42.0 Å². The molecule has 0 atom stereocenters. The topological polar surface area (TPSA) is 17.1 Å². The van der Waals surface area contributed by atoms with E-state index in [0.717, 1.165) is 10.5 Å². The van der Waals surface area contributed by atoms with E-state index >= 15 is 0 Å². The molecule has 0 N–H and O–H groups in total. The van der Waals surface area contributed by atoms with Gasteiger partial charge in [0.2, 0.25) is 0 Å². The number of carbonyl (C=O) groups is 1. The maximum absolute atomic E-state index is 11.7. The van der Waals surface area contributed by atoms with Gasteiger partial charge in [0.25, 0.3) is 0 Å². The number of thiophene rings is 1. The average Bonchev–Trinajstić information content (AvgIpc) is 2.88. The molecule has 0 amide bonds. The molecule has 2 heterocycles. The van der Waals surface area contributed by atoms with Gasteiger partial charge in [-0.05, 0) is 18.2 Å². The molecule has 1 aliphatic rings. The van der Waals surface area contributed by atoms with Gasteiger partial charge in [-0.2, -0.15) is 0 Å². The van der Waals surface area contributed by atoms with Gasteiger partial charge in [0.15, 0.2) is 5.78 Å². The molecule has 0 aliphatic carbocycles. The predicted octanol–water partition coefficient (Wildman–Crippen LogP) is 4.34. The molecule has 17 heavy (non-hydrogen) atoms. The van der Waals surface area contributed by atoms with Crippen molar-refractivity contribution in [3.63, 3.8) is 0 Å². The summed E-state index contributed by atoms with van der Waals surface area (Å²) in [5, 5.41) is 2.58. The Morgan fingerprint density at radius 2 is 1.88 bits per heavy atom. The minimum absolute atomic E-state index is 0.268. The summed E-state index contributed by atoms with van der Waals surface area (Å²) in [7, 11) is 0. The number of fused-ring (bicyclic) bond motifs is 4. The highest BCUT2D eigenvalue weighted by Gasteiger charge is 2.21. The van der Waals surface area contributed by atoms with Crippen LogP contribution in [0.15, 0.2) is 41.3 Å². The van der Waals surface area contributed by atoms with Crippen molar-refractivity contribution < 1.29 is 4.79 Å². The van der Waals surface area contributed by atoms with E-state index < -0.39 is 0 Å². The number of hydrogen-bond donors (Lipinski definition) is 0. The Labute approximate surface area is 106 Å². The van der Waals surface area contributed by atoms with Crippen LogP contribution in [-0.2, 0) is 0 Å².